The maximum absolute atomic E-state index is 12.1. The lowest BCUT2D eigenvalue weighted by molar-refractivity contribution is -0.123. The maximum Gasteiger partial charge on any atom is 0.237 e. The van der Waals surface area contributed by atoms with Gasteiger partial charge in [0.1, 0.15) is 0 Å². The van der Waals surface area contributed by atoms with Gasteiger partial charge in [-0.1, -0.05) is 19.8 Å². The van der Waals surface area contributed by atoms with E-state index < -0.39 is 0 Å². The van der Waals surface area contributed by atoms with Crippen LogP contribution in [0.5, 0.6) is 0 Å². The average molecular weight is 267 g/mol. The van der Waals surface area contributed by atoms with Gasteiger partial charge in [-0.2, -0.15) is 0 Å². The lowest BCUT2D eigenvalue weighted by Gasteiger charge is -2.45. The molecular formula is C15H29N3O. The Morgan fingerprint density at radius 1 is 1.37 bits per heavy atom. The van der Waals surface area contributed by atoms with Crippen LogP contribution in [-0.2, 0) is 4.79 Å². The second-order valence-corrected chi connectivity index (χ2v) is 6.69. The zero-order valence-corrected chi connectivity index (χ0v) is 12.7. The first-order valence-electron chi connectivity index (χ1n) is 7.72. The number of nitrogens with zero attached hydrogens (tertiary/aromatic N) is 1. The summed E-state index contributed by atoms with van der Waals surface area (Å²) in [6, 6.07) is 0.0419. The lowest BCUT2D eigenvalue weighted by Crippen LogP contribution is -2.56. The number of nitrogens with one attached hydrogen (secondary N) is 2. The van der Waals surface area contributed by atoms with Crippen molar-refractivity contribution in [2.75, 3.05) is 27.2 Å². The van der Waals surface area contributed by atoms with Gasteiger partial charge in [0.15, 0.2) is 0 Å². The molecule has 1 saturated heterocycles. The van der Waals surface area contributed by atoms with E-state index in [1.807, 2.05) is 0 Å². The first-order valence-corrected chi connectivity index (χ1v) is 7.72. The van der Waals surface area contributed by atoms with Crippen molar-refractivity contribution >= 4 is 5.91 Å². The Morgan fingerprint density at radius 2 is 2.16 bits per heavy atom. The van der Waals surface area contributed by atoms with E-state index in [2.05, 4.69) is 36.6 Å². The highest BCUT2D eigenvalue weighted by Gasteiger charge is 2.37. The van der Waals surface area contributed by atoms with Gasteiger partial charge >= 0.3 is 0 Å². The number of hydrogen-bond acceptors (Lipinski definition) is 3. The molecular weight excluding hydrogens is 238 g/mol. The fraction of sp³-hybridized carbons (Fsp3) is 0.933. The SMILES string of the molecule is CC1CCCC(CNC(=O)[C@H]2CCCN2)(N(C)C)C1. The fourth-order valence-corrected chi connectivity index (χ4v) is 3.64. The molecule has 2 N–H and O–H groups in total. The Morgan fingerprint density at radius 3 is 2.74 bits per heavy atom. The number of carbonyl (C=O) groups excluding carboxylic acids is 1. The third-order valence-electron chi connectivity index (χ3n) is 4.98. The Kier molecular flexibility index (Phi) is 4.85. The van der Waals surface area contributed by atoms with Crippen molar-refractivity contribution in [3.8, 4) is 0 Å². The van der Waals surface area contributed by atoms with Crippen molar-refractivity contribution in [3.63, 3.8) is 0 Å². The molecule has 1 aliphatic carbocycles. The van der Waals surface area contributed by atoms with Crippen LogP contribution in [0.1, 0.15) is 45.4 Å². The molecule has 1 amide bonds. The van der Waals surface area contributed by atoms with Crippen LogP contribution >= 0.6 is 0 Å². The lowest BCUT2D eigenvalue weighted by atomic mass is 9.75. The van der Waals surface area contributed by atoms with Crippen LogP contribution < -0.4 is 10.6 Å². The third-order valence-corrected chi connectivity index (χ3v) is 4.98. The molecule has 110 valence electrons. The molecule has 2 rings (SSSR count). The zero-order valence-electron chi connectivity index (χ0n) is 12.7. The third kappa shape index (κ3) is 3.48. The van der Waals surface area contributed by atoms with E-state index >= 15 is 0 Å². The van der Waals surface area contributed by atoms with E-state index in [0.717, 1.165) is 31.8 Å². The van der Waals surface area contributed by atoms with Crippen LogP contribution in [0.3, 0.4) is 0 Å². The normalized spacial score (nSPS) is 35.6. The Balaban J connectivity index is 1.91. The molecule has 2 fully saturated rings. The first kappa shape index (κ1) is 14.8. The summed E-state index contributed by atoms with van der Waals surface area (Å²) in [6.45, 7) is 4.10. The van der Waals surface area contributed by atoms with Gasteiger partial charge in [-0.15, -0.1) is 0 Å². The monoisotopic (exact) mass is 267 g/mol. The van der Waals surface area contributed by atoms with Crippen molar-refractivity contribution in [1.82, 2.24) is 15.5 Å². The molecule has 0 aromatic heterocycles. The van der Waals surface area contributed by atoms with E-state index in [1.54, 1.807) is 0 Å². The number of hydrogen-bond donors (Lipinski definition) is 2. The summed E-state index contributed by atoms with van der Waals surface area (Å²) in [4.78, 5) is 14.5. The van der Waals surface area contributed by atoms with Gasteiger partial charge in [0.2, 0.25) is 5.91 Å². The Bertz CT molecular complexity index is 313. The molecule has 3 atom stereocenters. The Hall–Kier alpha value is -0.610. The van der Waals surface area contributed by atoms with Gasteiger partial charge in [-0.05, 0) is 52.2 Å². The molecule has 2 aliphatic rings. The maximum atomic E-state index is 12.1. The van der Waals surface area contributed by atoms with Crippen molar-refractivity contribution in [2.45, 2.75) is 57.0 Å². The topological polar surface area (TPSA) is 44.4 Å². The van der Waals surface area contributed by atoms with Crippen molar-refractivity contribution in [1.29, 1.82) is 0 Å². The number of likely N-dealkylation sites (N-methyl/N-ethyl adjacent to an activating group) is 1. The molecule has 0 spiro atoms. The predicted molar refractivity (Wildman–Crippen MR) is 78.1 cm³/mol. The molecule has 0 radical (unpaired) electrons. The number of amides is 1. The molecule has 0 bridgehead atoms. The van der Waals surface area contributed by atoms with Gasteiger partial charge in [0, 0.05) is 12.1 Å². The molecule has 19 heavy (non-hydrogen) atoms. The molecule has 1 aliphatic heterocycles. The van der Waals surface area contributed by atoms with Gasteiger partial charge in [-0.25, -0.2) is 0 Å². The van der Waals surface area contributed by atoms with Gasteiger partial charge < -0.3 is 15.5 Å². The molecule has 4 nitrogen and oxygen atoms in total. The Labute approximate surface area is 117 Å². The minimum atomic E-state index is 0.0419. The van der Waals surface area contributed by atoms with Gasteiger partial charge in [-0.3, -0.25) is 4.79 Å². The first-order chi connectivity index (χ1) is 9.03. The highest BCUT2D eigenvalue weighted by molar-refractivity contribution is 5.82. The van der Waals surface area contributed by atoms with E-state index in [1.165, 1.54) is 25.7 Å². The molecule has 2 unspecified atom stereocenters. The van der Waals surface area contributed by atoms with Crippen molar-refractivity contribution < 1.29 is 4.79 Å². The van der Waals surface area contributed by atoms with E-state index in [-0.39, 0.29) is 17.5 Å². The summed E-state index contributed by atoms with van der Waals surface area (Å²) in [5, 5.41) is 6.46. The predicted octanol–water partition coefficient (Wildman–Crippen LogP) is 1.37. The second kappa shape index (κ2) is 6.23. The smallest absolute Gasteiger partial charge is 0.237 e. The van der Waals surface area contributed by atoms with Crippen LogP contribution in [0.4, 0.5) is 0 Å². The second-order valence-electron chi connectivity index (χ2n) is 6.69. The van der Waals surface area contributed by atoms with Crippen LogP contribution in [0.2, 0.25) is 0 Å². The van der Waals surface area contributed by atoms with E-state index in [0.29, 0.717) is 0 Å². The van der Waals surface area contributed by atoms with Crippen molar-refractivity contribution in [3.05, 3.63) is 0 Å². The fourth-order valence-electron chi connectivity index (χ4n) is 3.64. The minimum Gasteiger partial charge on any atom is -0.353 e. The number of carbonyl (C=O) groups is 1. The quantitative estimate of drug-likeness (QED) is 0.808. The molecule has 0 aromatic rings. The van der Waals surface area contributed by atoms with Gasteiger partial charge in [0.05, 0.1) is 6.04 Å². The summed E-state index contributed by atoms with van der Waals surface area (Å²) in [5.41, 5.74) is 0.159. The van der Waals surface area contributed by atoms with Gasteiger partial charge in [0.25, 0.3) is 0 Å². The molecule has 0 aromatic carbocycles. The largest absolute Gasteiger partial charge is 0.353 e. The molecule has 1 heterocycles. The van der Waals surface area contributed by atoms with Crippen LogP contribution in [0, 0.1) is 5.92 Å². The summed E-state index contributed by atoms with van der Waals surface area (Å²) in [7, 11) is 4.30. The number of rotatable bonds is 4. The molecule has 1 saturated carbocycles. The standard InChI is InChI=1S/C15H29N3O/c1-12-6-4-8-15(10-12,18(2)3)11-17-14(19)13-7-5-9-16-13/h12-13,16H,4-11H2,1-3H3,(H,17,19)/t12?,13-,15?/m1/s1. The van der Waals surface area contributed by atoms with E-state index in [9.17, 15) is 4.79 Å². The summed E-state index contributed by atoms with van der Waals surface area (Å²) < 4.78 is 0. The van der Waals surface area contributed by atoms with Crippen LogP contribution in [0.25, 0.3) is 0 Å². The highest BCUT2D eigenvalue weighted by Crippen LogP contribution is 2.35. The van der Waals surface area contributed by atoms with E-state index in [4.69, 9.17) is 0 Å². The zero-order chi connectivity index (χ0) is 13.9. The summed E-state index contributed by atoms with van der Waals surface area (Å²) >= 11 is 0. The molecule has 4 heteroatoms. The van der Waals surface area contributed by atoms with Crippen LogP contribution in [0.15, 0.2) is 0 Å². The highest BCUT2D eigenvalue weighted by atomic mass is 16.2. The summed E-state index contributed by atoms with van der Waals surface area (Å²) in [5.74, 6) is 0.953. The summed E-state index contributed by atoms with van der Waals surface area (Å²) in [6.07, 6.45) is 7.09. The average Bonchev–Trinajstić information content (AvgIpc) is 2.89. The van der Waals surface area contributed by atoms with Crippen molar-refractivity contribution in [2.24, 2.45) is 5.92 Å². The minimum absolute atomic E-state index is 0.0419. The van der Waals surface area contributed by atoms with Crippen LogP contribution in [-0.4, -0.2) is 49.6 Å².